The Bertz CT molecular complexity index is 869. The van der Waals surface area contributed by atoms with Crippen LogP contribution < -0.4 is 9.91 Å². The number of imide groups is 1. The van der Waals surface area contributed by atoms with Crippen molar-refractivity contribution in [2.75, 3.05) is 9.91 Å². The summed E-state index contributed by atoms with van der Waals surface area (Å²) in [5, 5.41) is 9.00. The summed E-state index contributed by atoms with van der Waals surface area (Å²) in [5.74, 6) is -2.10. The first-order chi connectivity index (χ1) is 11.6. The van der Waals surface area contributed by atoms with Crippen LogP contribution >= 0.6 is 0 Å². The predicted molar refractivity (Wildman–Crippen MR) is 80.2 cm³/mol. The number of halogens is 2. The number of amides is 2. The van der Waals surface area contributed by atoms with Gasteiger partial charge < -0.3 is 0 Å². The molecule has 0 saturated carbocycles. The van der Waals surface area contributed by atoms with Gasteiger partial charge in [0, 0.05) is 0 Å². The number of benzene rings is 2. The van der Waals surface area contributed by atoms with Crippen molar-refractivity contribution in [1.29, 1.82) is 0 Å². The summed E-state index contributed by atoms with van der Waals surface area (Å²) >= 11 is 0. The van der Waals surface area contributed by atoms with E-state index in [1.165, 1.54) is 47.5 Å². The third-order valence-electron chi connectivity index (χ3n) is 3.94. The molecule has 0 spiro atoms. The van der Waals surface area contributed by atoms with Crippen LogP contribution in [-0.4, -0.2) is 23.9 Å². The molecule has 120 valence electrons. The summed E-state index contributed by atoms with van der Waals surface area (Å²) in [6, 6.07) is 8.61. The van der Waals surface area contributed by atoms with Crippen molar-refractivity contribution in [2.45, 2.75) is 12.1 Å². The minimum absolute atomic E-state index is 0.147. The number of hydrogen-bond donors (Lipinski definition) is 0. The van der Waals surface area contributed by atoms with Gasteiger partial charge in [0.25, 0.3) is 11.8 Å². The Morgan fingerprint density at radius 3 is 2.33 bits per heavy atom. The first-order valence-corrected chi connectivity index (χ1v) is 7.15. The molecule has 2 atom stereocenters. The average molecular weight is 328 g/mol. The van der Waals surface area contributed by atoms with Crippen molar-refractivity contribution < 1.29 is 18.4 Å². The molecule has 2 aromatic carbocycles. The standard InChI is InChI=1S/C16H10F2N4O2/c17-9-4-6-11(7-5-9)22-14-13(19-20-22)15(23)21(16(14)24)12-3-1-2-10(18)8-12/h1-8,13-14H. The molecule has 0 N–H and O–H groups in total. The minimum atomic E-state index is -0.995. The Kier molecular flexibility index (Phi) is 3.12. The van der Waals surface area contributed by atoms with Gasteiger partial charge in [0.15, 0.2) is 12.1 Å². The van der Waals surface area contributed by atoms with Crippen LogP contribution in [-0.2, 0) is 9.59 Å². The van der Waals surface area contributed by atoms with Crippen molar-refractivity contribution >= 4 is 23.2 Å². The van der Waals surface area contributed by atoms with Gasteiger partial charge in [0.1, 0.15) is 11.6 Å². The lowest BCUT2D eigenvalue weighted by molar-refractivity contribution is -0.121. The molecule has 0 bridgehead atoms. The molecule has 0 aromatic heterocycles. The molecule has 0 radical (unpaired) electrons. The molecule has 2 aliphatic rings. The van der Waals surface area contributed by atoms with E-state index in [0.717, 1.165) is 11.0 Å². The number of nitrogens with zero attached hydrogens (tertiary/aromatic N) is 4. The zero-order valence-electron chi connectivity index (χ0n) is 12.1. The Morgan fingerprint density at radius 2 is 1.62 bits per heavy atom. The molecule has 6 nitrogen and oxygen atoms in total. The van der Waals surface area contributed by atoms with Crippen LogP contribution in [0.15, 0.2) is 58.9 Å². The lowest BCUT2D eigenvalue weighted by atomic mass is 10.1. The van der Waals surface area contributed by atoms with Crippen molar-refractivity contribution in [3.05, 3.63) is 60.2 Å². The highest BCUT2D eigenvalue weighted by Gasteiger charge is 2.55. The van der Waals surface area contributed by atoms with Gasteiger partial charge in [0.05, 0.1) is 11.4 Å². The lowest BCUT2D eigenvalue weighted by Gasteiger charge is -2.20. The normalized spacial score (nSPS) is 22.4. The van der Waals surface area contributed by atoms with Crippen LogP contribution in [0.5, 0.6) is 0 Å². The first kappa shape index (κ1) is 14.4. The Balaban J connectivity index is 1.70. The van der Waals surface area contributed by atoms with E-state index < -0.39 is 35.5 Å². The summed E-state index contributed by atoms with van der Waals surface area (Å²) in [6.07, 6.45) is 0. The number of rotatable bonds is 2. The van der Waals surface area contributed by atoms with E-state index in [9.17, 15) is 18.4 Å². The molecular weight excluding hydrogens is 318 g/mol. The number of fused-ring (bicyclic) bond motifs is 1. The second-order valence-electron chi connectivity index (χ2n) is 5.41. The van der Waals surface area contributed by atoms with E-state index in [1.54, 1.807) is 0 Å². The van der Waals surface area contributed by atoms with Crippen molar-refractivity contribution in [3.63, 3.8) is 0 Å². The van der Waals surface area contributed by atoms with Gasteiger partial charge >= 0.3 is 0 Å². The molecule has 0 aliphatic carbocycles. The molecule has 2 heterocycles. The summed E-state index contributed by atoms with van der Waals surface area (Å²) in [6.45, 7) is 0. The molecule has 4 rings (SSSR count). The van der Waals surface area contributed by atoms with Crippen LogP contribution in [0.25, 0.3) is 0 Å². The molecule has 2 amide bonds. The molecule has 2 aromatic rings. The first-order valence-electron chi connectivity index (χ1n) is 7.15. The third kappa shape index (κ3) is 2.07. The van der Waals surface area contributed by atoms with Gasteiger partial charge in [0.2, 0.25) is 0 Å². The Hall–Kier alpha value is -3.16. The monoisotopic (exact) mass is 328 g/mol. The number of carbonyl (C=O) groups is 2. The van der Waals surface area contributed by atoms with E-state index in [-0.39, 0.29) is 5.69 Å². The van der Waals surface area contributed by atoms with E-state index in [2.05, 4.69) is 10.3 Å². The third-order valence-corrected chi connectivity index (χ3v) is 3.94. The SMILES string of the molecule is O=C1C2N=NN(c3ccc(F)cc3)C2C(=O)N1c1cccc(F)c1. The van der Waals surface area contributed by atoms with E-state index in [0.29, 0.717) is 5.69 Å². The molecule has 8 heteroatoms. The molecule has 2 unspecified atom stereocenters. The van der Waals surface area contributed by atoms with Crippen molar-refractivity contribution in [1.82, 2.24) is 0 Å². The summed E-state index contributed by atoms with van der Waals surface area (Å²) in [4.78, 5) is 26.1. The highest BCUT2D eigenvalue weighted by molar-refractivity contribution is 6.26. The van der Waals surface area contributed by atoms with E-state index >= 15 is 0 Å². The van der Waals surface area contributed by atoms with Gasteiger partial charge in [-0.15, -0.1) is 0 Å². The number of anilines is 2. The lowest BCUT2D eigenvalue weighted by Crippen LogP contribution is -2.39. The van der Waals surface area contributed by atoms with Crippen molar-refractivity contribution in [2.24, 2.45) is 10.3 Å². The molecular formula is C16H10F2N4O2. The van der Waals surface area contributed by atoms with Crippen LogP contribution in [0.1, 0.15) is 0 Å². The summed E-state index contributed by atoms with van der Waals surface area (Å²) in [5.41, 5.74) is 0.587. The summed E-state index contributed by atoms with van der Waals surface area (Å²) < 4.78 is 26.5. The maximum absolute atomic E-state index is 13.4. The molecule has 24 heavy (non-hydrogen) atoms. The van der Waals surface area contributed by atoms with E-state index in [1.807, 2.05) is 0 Å². The smallest absolute Gasteiger partial charge is 0.263 e. The quantitative estimate of drug-likeness (QED) is 0.796. The maximum Gasteiger partial charge on any atom is 0.263 e. The van der Waals surface area contributed by atoms with Gasteiger partial charge in [-0.2, -0.15) is 5.11 Å². The second-order valence-corrected chi connectivity index (χ2v) is 5.41. The maximum atomic E-state index is 13.4. The molecule has 1 fully saturated rings. The topological polar surface area (TPSA) is 65.3 Å². The largest absolute Gasteiger partial charge is 0.271 e. The van der Waals surface area contributed by atoms with Crippen LogP contribution in [0.4, 0.5) is 20.2 Å². The fourth-order valence-corrected chi connectivity index (χ4v) is 2.84. The minimum Gasteiger partial charge on any atom is -0.271 e. The molecule has 1 saturated heterocycles. The van der Waals surface area contributed by atoms with Crippen LogP contribution in [0.3, 0.4) is 0 Å². The number of carbonyl (C=O) groups excluding carboxylic acids is 2. The Morgan fingerprint density at radius 1 is 0.875 bits per heavy atom. The van der Waals surface area contributed by atoms with Gasteiger partial charge in [-0.25, -0.2) is 18.7 Å². The van der Waals surface area contributed by atoms with Crippen molar-refractivity contribution in [3.8, 4) is 0 Å². The van der Waals surface area contributed by atoms with Crippen LogP contribution in [0.2, 0.25) is 0 Å². The predicted octanol–water partition coefficient (Wildman–Crippen LogP) is 2.46. The van der Waals surface area contributed by atoms with Gasteiger partial charge in [-0.1, -0.05) is 11.3 Å². The zero-order chi connectivity index (χ0) is 16.8. The number of hydrogen-bond acceptors (Lipinski definition) is 5. The highest BCUT2D eigenvalue weighted by atomic mass is 19.1. The van der Waals surface area contributed by atoms with Gasteiger partial charge in [-0.3, -0.25) is 9.59 Å². The Labute approximate surface area is 135 Å². The second kappa shape index (κ2) is 5.19. The highest BCUT2D eigenvalue weighted by Crippen LogP contribution is 2.34. The van der Waals surface area contributed by atoms with Crippen LogP contribution in [0, 0.1) is 11.6 Å². The average Bonchev–Trinajstić information content (AvgIpc) is 3.09. The van der Waals surface area contributed by atoms with Gasteiger partial charge in [-0.05, 0) is 42.5 Å². The fraction of sp³-hybridized carbons (Fsp3) is 0.125. The summed E-state index contributed by atoms with van der Waals surface area (Å²) in [7, 11) is 0. The molecule has 2 aliphatic heterocycles. The zero-order valence-corrected chi connectivity index (χ0v) is 12.1. The fourth-order valence-electron chi connectivity index (χ4n) is 2.84. The van der Waals surface area contributed by atoms with E-state index in [4.69, 9.17) is 0 Å².